The highest BCUT2D eigenvalue weighted by molar-refractivity contribution is 8.00. The minimum Gasteiger partial charge on any atom is -0.325 e. The first-order chi connectivity index (χ1) is 22.2. The monoisotopic (exact) mass is 665 g/mol. The minimum absolute atomic E-state index is 0.0617. The van der Waals surface area contributed by atoms with Crippen molar-refractivity contribution >= 4 is 70.1 Å². The molecule has 0 aliphatic rings. The van der Waals surface area contributed by atoms with E-state index in [1.54, 1.807) is 72.8 Å². The lowest BCUT2D eigenvalue weighted by Crippen LogP contribution is -2.30. The van der Waals surface area contributed by atoms with Crippen LogP contribution in [0.4, 0.5) is 11.4 Å². The third-order valence-electron chi connectivity index (χ3n) is 6.86. The number of hydrogen-bond donors (Lipinski definition) is 3. The summed E-state index contributed by atoms with van der Waals surface area (Å²) in [5.74, 6) is -1.11. The first-order valence-corrected chi connectivity index (χ1v) is 15.9. The van der Waals surface area contributed by atoms with Gasteiger partial charge in [-0.2, -0.15) is 0 Å². The Kier molecular flexibility index (Phi) is 10.9. The molecule has 3 N–H and O–H groups in total. The fourth-order valence-corrected chi connectivity index (χ4v) is 5.73. The van der Waals surface area contributed by atoms with Gasteiger partial charge in [0.05, 0.1) is 0 Å². The SMILES string of the molecule is Cc1ccc(NC(=O)C(Sc2ccc(NC(=O)/C(=C/c3ccc(Cl)cc3)NC(=O)c3ccccc3)cc2)c2ccccc2)cc1Cl. The molecule has 5 aromatic rings. The molecule has 3 amide bonds. The van der Waals surface area contributed by atoms with Crippen molar-refractivity contribution in [2.75, 3.05) is 10.6 Å². The molecule has 0 saturated carbocycles. The molecule has 0 bridgehead atoms. The Bertz CT molecular complexity index is 1860. The number of aryl methyl sites for hydroxylation is 1. The van der Waals surface area contributed by atoms with Crippen LogP contribution in [0.3, 0.4) is 0 Å². The molecule has 0 heterocycles. The quantitative estimate of drug-likeness (QED) is 0.103. The Labute approximate surface area is 281 Å². The van der Waals surface area contributed by atoms with Crippen molar-refractivity contribution in [3.8, 4) is 0 Å². The van der Waals surface area contributed by atoms with Gasteiger partial charge in [-0.1, -0.05) is 89.9 Å². The van der Waals surface area contributed by atoms with E-state index in [4.69, 9.17) is 23.2 Å². The van der Waals surface area contributed by atoms with Gasteiger partial charge in [0.1, 0.15) is 10.9 Å². The Hall–Kier alpha value is -4.82. The molecule has 1 atom stereocenters. The van der Waals surface area contributed by atoms with Gasteiger partial charge in [-0.25, -0.2) is 0 Å². The summed E-state index contributed by atoms with van der Waals surface area (Å²) in [6.07, 6.45) is 1.58. The number of halogens is 2. The van der Waals surface area contributed by atoms with Gasteiger partial charge in [0, 0.05) is 31.9 Å². The predicted octanol–water partition coefficient (Wildman–Crippen LogP) is 9.18. The molecule has 0 aliphatic heterocycles. The van der Waals surface area contributed by atoms with E-state index in [-0.39, 0.29) is 11.6 Å². The highest BCUT2D eigenvalue weighted by Crippen LogP contribution is 2.37. The van der Waals surface area contributed by atoms with Crippen LogP contribution in [0, 0.1) is 6.92 Å². The maximum atomic E-state index is 13.5. The standard InChI is InChI=1S/C37H29Cl2N3O3S/c1-24-12-17-30(23-32(24)39)41-37(45)34(26-8-4-2-5-9-26)46-31-20-18-29(19-21-31)40-36(44)33(22-25-13-15-28(38)16-14-25)42-35(43)27-10-6-3-7-11-27/h2-23,34H,1H3,(H,40,44)(H,41,45)(H,42,43)/b33-22-. The van der Waals surface area contributed by atoms with Crippen molar-refractivity contribution in [2.24, 2.45) is 0 Å². The number of carbonyl (C=O) groups excluding carboxylic acids is 3. The summed E-state index contributed by atoms with van der Waals surface area (Å²) in [6, 6.07) is 37.6. The van der Waals surface area contributed by atoms with Crippen molar-refractivity contribution in [1.29, 1.82) is 0 Å². The molecule has 230 valence electrons. The van der Waals surface area contributed by atoms with Crippen LogP contribution in [0.2, 0.25) is 10.0 Å². The van der Waals surface area contributed by atoms with Gasteiger partial charge in [0.25, 0.3) is 11.8 Å². The average Bonchev–Trinajstić information content (AvgIpc) is 3.07. The summed E-state index contributed by atoms with van der Waals surface area (Å²) in [7, 11) is 0. The van der Waals surface area contributed by atoms with Gasteiger partial charge in [0.2, 0.25) is 5.91 Å². The molecule has 0 radical (unpaired) electrons. The van der Waals surface area contributed by atoms with Gasteiger partial charge in [-0.05, 0) is 90.4 Å². The van der Waals surface area contributed by atoms with Gasteiger partial charge >= 0.3 is 0 Å². The van der Waals surface area contributed by atoms with E-state index >= 15 is 0 Å². The second kappa shape index (κ2) is 15.5. The van der Waals surface area contributed by atoms with E-state index in [0.717, 1.165) is 16.0 Å². The molecule has 5 aromatic carbocycles. The summed E-state index contributed by atoms with van der Waals surface area (Å²) in [5, 5.41) is 9.15. The lowest BCUT2D eigenvalue weighted by molar-refractivity contribution is -0.116. The summed E-state index contributed by atoms with van der Waals surface area (Å²) < 4.78 is 0. The van der Waals surface area contributed by atoms with Crippen molar-refractivity contribution in [3.05, 3.63) is 165 Å². The summed E-state index contributed by atoms with van der Waals surface area (Å²) in [6.45, 7) is 1.90. The van der Waals surface area contributed by atoms with Crippen LogP contribution in [-0.4, -0.2) is 17.7 Å². The number of carbonyl (C=O) groups is 3. The van der Waals surface area contributed by atoms with Crippen LogP contribution in [0.25, 0.3) is 6.08 Å². The van der Waals surface area contributed by atoms with Gasteiger partial charge in [-0.3, -0.25) is 14.4 Å². The second-order valence-electron chi connectivity index (χ2n) is 10.3. The topological polar surface area (TPSA) is 87.3 Å². The third kappa shape index (κ3) is 8.88. The summed E-state index contributed by atoms with van der Waals surface area (Å²) >= 11 is 13.7. The Morgan fingerprint density at radius 2 is 1.35 bits per heavy atom. The zero-order valence-electron chi connectivity index (χ0n) is 24.7. The number of anilines is 2. The first-order valence-electron chi connectivity index (χ1n) is 14.3. The summed E-state index contributed by atoms with van der Waals surface area (Å²) in [4.78, 5) is 40.6. The average molecular weight is 667 g/mol. The van der Waals surface area contributed by atoms with Crippen molar-refractivity contribution < 1.29 is 14.4 Å². The number of thioether (sulfide) groups is 1. The second-order valence-corrected chi connectivity index (χ2v) is 12.3. The maximum absolute atomic E-state index is 13.5. The van der Waals surface area contributed by atoms with E-state index in [9.17, 15) is 14.4 Å². The molecule has 9 heteroatoms. The molecule has 6 nitrogen and oxygen atoms in total. The van der Waals surface area contributed by atoms with Crippen LogP contribution < -0.4 is 16.0 Å². The number of nitrogens with one attached hydrogen (secondary N) is 3. The molecular formula is C37H29Cl2N3O3S. The lowest BCUT2D eigenvalue weighted by Gasteiger charge is -2.18. The smallest absolute Gasteiger partial charge is 0.272 e. The lowest BCUT2D eigenvalue weighted by atomic mass is 10.1. The van der Waals surface area contributed by atoms with Crippen LogP contribution >= 0.6 is 35.0 Å². The van der Waals surface area contributed by atoms with Gasteiger partial charge in [0.15, 0.2) is 0 Å². The molecule has 46 heavy (non-hydrogen) atoms. The fourth-order valence-electron chi connectivity index (χ4n) is 4.40. The van der Waals surface area contributed by atoms with Crippen LogP contribution in [0.15, 0.2) is 138 Å². The number of amides is 3. The molecule has 0 spiro atoms. The largest absolute Gasteiger partial charge is 0.325 e. The van der Waals surface area contributed by atoms with E-state index in [2.05, 4.69) is 16.0 Å². The van der Waals surface area contributed by atoms with Crippen LogP contribution in [0.5, 0.6) is 0 Å². The molecule has 0 aromatic heterocycles. The molecule has 0 aliphatic carbocycles. The predicted molar refractivity (Wildman–Crippen MR) is 188 cm³/mol. The van der Waals surface area contributed by atoms with Crippen molar-refractivity contribution in [3.63, 3.8) is 0 Å². The molecule has 0 saturated heterocycles. The highest BCUT2D eigenvalue weighted by Gasteiger charge is 2.23. The minimum atomic E-state index is -0.552. The fraction of sp³-hybridized carbons (Fsp3) is 0.0541. The Morgan fingerprint density at radius 3 is 2.00 bits per heavy atom. The number of hydrogen-bond acceptors (Lipinski definition) is 4. The number of rotatable bonds is 10. The van der Waals surface area contributed by atoms with E-state index in [1.807, 2.05) is 67.6 Å². The van der Waals surface area contributed by atoms with Gasteiger partial charge in [-0.15, -0.1) is 11.8 Å². The van der Waals surface area contributed by atoms with Gasteiger partial charge < -0.3 is 16.0 Å². The molecule has 1 unspecified atom stereocenters. The van der Waals surface area contributed by atoms with Crippen molar-refractivity contribution in [2.45, 2.75) is 17.1 Å². The van der Waals surface area contributed by atoms with E-state index < -0.39 is 17.1 Å². The molecule has 5 rings (SSSR count). The maximum Gasteiger partial charge on any atom is 0.272 e. The molecular weight excluding hydrogens is 637 g/mol. The van der Waals surface area contributed by atoms with Crippen LogP contribution in [-0.2, 0) is 9.59 Å². The number of benzene rings is 5. The Balaban J connectivity index is 1.32. The Morgan fingerprint density at radius 1 is 0.717 bits per heavy atom. The van der Waals surface area contributed by atoms with Crippen molar-refractivity contribution in [1.82, 2.24) is 5.32 Å². The zero-order chi connectivity index (χ0) is 32.5. The van der Waals surface area contributed by atoms with Crippen LogP contribution in [0.1, 0.15) is 32.3 Å². The normalized spacial score (nSPS) is 11.8. The highest BCUT2D eigenvalue weighted by atomic mass is 35.5. The third-order valence-corrected chi connectivity index (χ3v) is 8.78. The first kappa shape index (κ1) is 32.6. The van der Waals surface area contributed by atoms with E-state index in [0.29, 0.717) is 32.5 Å². The molecule has 0 fully saturated rings. The zero-order valence-corrected chi connectivity index (χ0v) is 27.0. The summed E-state index contributed by atoms with van der Waals surface area (Å²) in [5.41, 5.74) is 4.06. The van der Waals surface area contributed by atoms with E-state index in [1.165, 1.54) is 11.8 Å².